The van der Waals surface area contributed by atoms with Crippen molar-refractivity contribution in [1.29, 1.82) is 0 Å². The van der Waals surface area contributed by atoms with Gasteiger partial charge in [0.25, 0.3) is 0 Å². The third-order valence-electron chi connectivity index (χ3n) is 7.33. The number of hydrogen-bond donors (Lipinski definition) is 0. The van der Waals surface area contributed by atoms with Crippen molar-refractivity contribution < 1.29 is 9.47 Å². The van der Waals surface area contributed by atoms with Gasteiger partial charge in [0.1, 0.15) is 11.5 Å². The highest BCUT2D eigenvalue weighted by Gasteiger charge is 2.10. The molecule has 0 aliphatic carbocycles. The van der Waals surface area contributed by atoms with Gasteiger partial charge in [0.2, 0.25) is 0 Å². The quantitative estimate of drug-likeness (QED) is 0.172. The van der Waals surface area contributed by atoms with E-state index in [2.05, 4.69) is 110 Å². The molecule has 3 rings (SSSR count). The highest BCUT2D eigenvalue weighted by molar-refractivity contribution is 9.10. The molecule has 2 nitrogen and oxygen atoms in total. The average molecular weight is 566 g/mol. The molecule has 3 heteroatoms. The summed E-state index contributed by atoms with van der Waals surface area (Å²) in [6.45, 7) is 10.6. The normalized spacial score (nSPS) is 12.8. The van der Waals surface area contributed by atoms with Crippen LogP contribution in [0.2, 0.25) is 0 Å². The fourth-order valence-electron chi connectivity index (χ4n) is 4.63. The van der Waals surface area contributed by atoms with Gasteiger partial charge >= 0.3 is 0 Å². The lowest BCUT2D eigenvalue weighted by atomic mass is 9.99. The number of hydrogen-bond acceptors (Lipinski definition) is 2. The van der Waals surface area contributed by atoms with Gasteiger partial charge in [-0.3, -0.25) is 0 Å². The van der Waals surface area contributed by atoms with Crippen molar-refractivity contribution in [2.24, 2.45) is 11.8 Å². The predicted molar refractivity (Wildman–Crippen MR) is 163 cm³/mol. The van der Waals surface area contributed by atoms with E-state index in [4.69, 9.17) is 9.47 Å². The van der Waals surface area contributed by atoms with Crippen LogP contribution in [0.5, 0.6) is 11.5 Å². The van der Waals surface area contributed by atoms with Crippen molar-refractivity contribution in [3.05, 3.63) is 71.2 Å². The topological polar surface area (TPSA) is 18.5 Å². The fraction of sp³-hybridized carbons (Fsp3) is 0.471. The molecule has 37 heavy (non-hydrogen) atoms. The van der Waals surface area contributed by atoms with Crippen LogP contribution in [0.15, 0.2) is 71.2 Å². The minimum absolute atomic E-state index is 0.637. The average Bonchev–Trinajstić information content (AvgIpc) is 2.93. The highest BCUT2D eigenvalue weighted by Crippen LogP contribution is 2.32. The van der Waals surface area contributed by atoms with Crippen LogP contribution in [0.25, 0.3) is 22.3 Å². The van der Waals surface area contributed by atoms with Gasteiger partial charge in [-0.2, -0.15) is 0 Å². The Balaban J connectivity index is 1.65. The minimum atomic E-state index is 0.637. The van der Waals surface area contributed by atoms with Crippen LogP contribution in [0.1, 0.15) is 79.1 Å². The van der Waals surface area contributed by atoms with E-state index >= 15 is 0 Å². The zero-order valence-electron chi connectivity index (χ0n) is 23.3. The molecule has 0 radical (unpaired) electrons. The molecule has 0 spiro atoms. The molecular weight excluding hydrogens is 520 g/mol. The SMILES string of the molecule is CCCCC(CC)COc1ccc(-c2cc(Br)cc(-c3ccc(OCC(CC)CCCC)cc3)c2)cc1. The summed E-state index contributed by atoms with van der Waals surface area (Å²) < 4.78 is 13.3. The van der Waals surface area contributed by atoms with Crippen LogP contribution in [-0.4, -0.2) is 13.2 Å². The van der Waals surface area contributed by atoms with Gasteiger partial charge in [-0.25, -0.2) is 0 Å². The summed E-state index contributed by atoms with van der Waals surface area (Å²) in [5.41, 5.74) is 4.75. The van der Waals surface area contributed by atoms with Gasteiger partial charge in [0.15, 0.2) is 0 Å². The largest absolute Gasteiger partial charge is 0.493 e. The van der Waals surface area contributed by atoms with Crippen molar-refractivity contribution in [2.45, 2.75) is 79.1 Å². The van der Waals surface area contributed by atoms with Gasteiger partial charge in [-0.1, -0.05) is 106 Å². The van der Waals surface area contributed by atoms with E-state index in [1.54, 1.807) is 0 Å². The molecule has 200 valence electrons. The van der Waals surface area contributed by atoms with E-state index in [1.165, 1.54) is 73.6 Å². The maximum absolute atomic E-state index is 6.11. The smallest absolute Gasteiger partial charge is 0.119 e. The Kier molecular flexibility index (Phi) is 12.6. The molecule has 0 fully saturated rings. The first-order valence-electron chi connectivity index (χ1n) is 14.3. The Labute approximate surface area is 233 Å². The van der Waals surface area contributed by atoms with Gasteiger partial charge in [0, 0.05) is 4.47 Å². The maximum atomic E-state index is 6.11. The van der Waals surface area contributed by atoms with Crippen LogP contribution in [0.4, 0.5) is 0 Å². The van der Waals surface area contributed by atoms with Gasteiger partial charge in [-0.05, 0) is 89.4 Å². The first kappa shape index (κ1) is 29.3. The van der Waals surface area contributed by atoms with Gasteiger partial charge < -0.3 is 9.47 Å². The van der Waals surface area contributed by atoms with Crippen LogP contribution in [0, 0.1) is 11.8 Å². The monoisotopic (exact) mass is 564 g/mol. The zero-order valence-corrected chi connectivity index (χ0v) is 24.9. The standard InChI is InChI=1S/C34H45BrO2/c1-5-9-11-26(7-3)24-36-33-17-13-28(14-18-33)30-21-31(23-32(35)22-30)29-15-19-34(20-16-29)37-25-27(8-4)12-10-6-2/h13-23,26-27H,5-12,24-25H2,1-4H3. The molecule has 0 saturated heterocycles. The second-order valence-corrected chi connectivity index (χ2v) is 11.1. The van der Waals surface area contributed by atoms with E-state index in [0.29, 0.717) is 11.8 Å². The molecule has 0 heterocycles. The Morgan fingerprint density at radius 2 is 0.973 bits per heavy atom. The zero-order chi connectivity index (χ0) is 26.5. The number of rotatable bonds is 16. The molecule has 3 aromatic rings. The molecule has 0 amide bonds. The Morgan fingerprint density at radius 3 is 1.32 bits per heavy atom. The number of ether oxygens (including phenoxy) is 2. The van der Waals surface area contributed by atoms with E-state index in [1.807, 2.05) is 0 Å². The van der Waals surface area contributed by atoms with Crippen molar-refractivity contribution in [1.82, 2.24) is 0 Å². The van der Waals surface area contributed by atoms with Crippen molar-refractivity contribution in [3.63, 3.8) is 0 Å². The van der Waals surface area contributed by atoms with Crippen LogP contribution in [-0.2, 0) is 0 Å². The predicted octanol–water partition coefficient (Wildman–Crippen LogP) is 11.0. The summed E-state index contributed by atoms with van der Waals surface area (Å²) in [4.78, 5) is 0. The first-order chi connectivity index (χ1) is 18.1. The Morgan fingerprint density at radius 1 is 0.568 bits per heavy atom. The van der Waals surface area contributed by atoms with Crippen LogP contribution >= 0.6 is 15.9 Å². The maximum Gasteiger partial charge on any atom is 0.119 e. The molecule has 0 bridgehead atoms. The summed E-state index contributed by atoms with van der Waals surface area (Å²) in [5, 5.41) is 0. The van der Waals surface area contributed by atoms with E-state index in [9.17, 15) is 0 Å². The minimum Gasteiger partial charge on any atom is -0.493 e. The van der Waals surface area contributed by atoms with Crippen molar-refractivity contribution >= 4 is 15.9 Å². The summed E-state index contributed by atoms with van der Waals surface area (Å²) >= 11 is 3.73. The number of benzene rings is 3. The number of halogens is 1. The molecule has 3 aromatic carbocycles. The second kappa shape index (κ2) is 15.9. The Hall–Kier alpha value is -2.26. The van der Waals surface area contributed by atoms with Gasteiger partial charge in [-0.15, -0.1) is 0 Å². The first-order valence-corrected chi connectivity index (χ1v) is 15.1. The van der Waals surface area contributed by atoms with E-state index in [-0.39, 0.29) is 0 Å². The fourth-order valence-corrected chi connectivity index (χ4v) is 5.13. The highest BCUT2D eigenvalue weighted by atomic mass is 79.9. The van der Waals surface area contributed by atoms with Crippen LogP contribution < -0.4 is 9.47 Å². The van der Waals surface area contributed by atoms with Crippen molar-refractivity contribution in [3.8, 4) is 33.8 Å². The Bertz CT molecular complexity index is 961. The lowest BCUT2D eigenvalue weighted by Crippen LogP contribution is -2.11. The lowest BCUT2D eigenvalue weighted by molar-refractivity contribution is 0.233. The van der Waals surface area contributed by atoms with Crippen molar-refractivity contribution in [2.75, 3.05) is 13.2 Å². The molecule has 2 unspecified atom stereocenters. The third kappa shape index (κ3) is 9.52. The molecular formula is C34H45BrO2. The lowest BCUT2D eigenvalue weighted by Gasteiger charge is -2.16. The number of unbranched alkanes of at least 4 members (excludes halogenated alkanes) is 2. The third-order valence-corrected chi connectivity index (χ3v) is 7.79. The van der Waals surface area contributed by atoms with Gasteiger partial charge in [0.05, 0.1) is 13.2 Å². The molecule has 0 aliphatic rings. The second-order valence-electron chi connectivity index (χ2n) is 10.2. The van der Waals surface area contributed by atoms with E-state index in [0.717, 1.165) is 29.2 Å². The molecule has 2 atom stereocenters. The molecule has 0 saturated carbocycles. The van der Waals surface area contributed by atoms with Crippen LogP contribution in [0.3, 0.4) is 0 Å². The summed E-state index contributed by atoms with van der Waals surface area (Å²) in [6, 6.07) is 23.6. The molecule has 0 N–H and O–H groups in total. The summed E-state index contributed by atoms with van der Waals surface area (Å²) in [7, 11) is 0. The van der Waals surface area contributed by atoms with E-state index < -0.39 is 0 Å². The molecule has 0 aromatic heterocycles. The molecule has 0 aliphatic heterocycles. The summed E-state index contributed by atoms with van der Waals surface area (Å²) in [5.74, 6) is 3.17. The summed E-state index contributed by atoms with van der Waals surface area (Å²) in [6.07, 6.45) is 9.88.